The molecule has 1 saturated heterocycles. The molecule has 3 aromatic carbocycles. The van der Waals surface area contributed by atoms with E-state index in [4.69, 9.17) is 26.2 Å². The lowest BCUT2D eigenvalue weighted by molar-refractivity contribution is -0.131. The summed E-state index contributed by atoms with van der Waals surface area (Å²) >= 11 is 6.03. The van der Waals surface area contributed by atoms with Gasteiger partial charge in [-0.3, -0.25) is 4.79 Å². The fourth-order valence-electron chi connectivity index (χ4n) is 4.50. The number of amides is 3. The number of rotatable bonds is 9. The predicted octanol–water partition coefficient (Wildman–Crippen LogP) is 5.61. The SMILES string of the molecule is COc1cc(CC(=O)N2CCC[C@H]2COc2ccc(C(=O)O)c(Cl)c2)ccc1NC(=O)Nc1ccccc1C. The Morgan fingerprint density at radius 2 is 1.82 bits per heavy atom. The average molecular weight is 552 g/mol. The second kappa shape index (κ2) is 12.5. The molecule has 3 aromatic rings. The number of methoxy groups -OCH3 is 1. The molecule has 3 amide bonds. The molecule has 0 unspecified atom stereocenters. The molecule has 1 fully saturated rings. The molecule has 10 heteroatoms. The first-order valence-corrected chi connectivity index (χ1v) is 12.9. The van der Waals surface area contributed by atoms with Crippen molar-refractivity contribution in [3.8, 4) is 11.5 Å². The van der Waals surface area contributed by atoms with Gasteiger partial charge in [0, 0.05) is 12.2 Å². The summed E-state index contributed by atoms with van der Waals surface area (Å²) in [6, 6.07) is 16.6. The van der Waals surface area contributed by atoms with Gasteiger partial charge in [0.15, 0.2) is 0 Å². The molecule has 0 saturated carbocycles. The van der Waals surface area contributed by atoms with Crippen LogP contribution in [0.4, 0.5) is 16.2 Å². The summed E-state index contributed by atoms with van der Waals surface area (Å²) in [6.45, 7) is 2.81. The first-order valence-electron chi connectivity index (χ1n) is 12.5. The van der Waals surface area contributed by atoms with Crippen molar-refractivity contribution >= 4 is 40.9 Å². The summed E-state index contributed by atoms with van der Waals surface area (Å²) in [4.78, 5) is 38.7. The van der Waals surface area contributed by atoms with E-state index in [0.717, 1.165) is 24.0 Å². The molecule has 3 N–H and O–H groups in total. The average Bonchev–Trinajstić information content (AvgIpc) is 3.38. The number of likely N-dealkylation sites (tertiary alicyclic amines) is 1. The van der Waals surface area contributed by atoms with Crippen LogP contribution in [0, 0.1) is 6.92 Å². The Kier molecular flexibility index (Phi) is 8.93. The number of para-hydroxylation sites is 1. The Bertz CT molecular complexity index is 1380. The molecule has 1 aliphatic heterocycles. The maximum atomic E-state index is 13.2. The first-order chi connectivity index (χ1) is 18.7. The number of carboxylic acids is 1. The number of aryl methyl sites for hydroxylation is 1. The molecule has 0 spiro atoms. The highest BCUT2D eigenvalue weighted by Crippen LogP contribution is 2.28. The van der Waals surface area contributed by atoms with E-state index in [0.29, 0.717) is 29.4 Å². The number of nitrogens with zero attached hydrogens (tertiary/aromatic N) is 1. The van der Waals surface area contributed by atoms with Crippen LogP contribution in [0.15, 0.2) is 60.7 Å². The molecule has 4 rings (SSSR count). The monoisotopic (exact) mass is 551 g/mol. The minimum atomic E-state index is -1.11. The van der Waals surface area contributed by atoms with Gasteiger partial charge in [0.25, 0.3) is 0 Å². The fourth-order valence-corrected chi connectivity index (χ4v) is 4.75. The van der Waals surface area contributed by atoms with E-state index in [1.165, 1.54) is 19.2 Å². The van der Waals surface area contributed by atoms with E-state index in [-0.39, 0.29) is 35.6 Å². The maximum Gasteiger partial charge on any atom is 0.337 e. The minimum Gasteiger partial charge on any atom is -0.495 e. The maximum absolute atomic E-state index is 13.2. The van der Waals surface area contributed by atoms with Crippen LogP contribution in [0.5, 0.6) is 11.5 Å². The number of urea groups is 1. The van der Waals surface area contributed by atoms with Gasteiger partial charge < -0.3 is 30.1 Å². The molecule has 204 valence electrons. The van der Waals surface area contributed by atoms with Gasteiger partial charge in [-0.15, -0.1) is 0 Å². The van der Waals surface area contributed by atoms with Crippen molar-refractivity contribution in [2.24, 2.45) is 0 Å². The second-order valence-electron chi connectivity index (χ2n) is 9.25. The Balaban J connectivity index is 1.35. The van der Waals surface area contributed by atoms with Crippen LogP contribution in [0.25, 0.3) is 0 Å². The highest BCUT2D eigenvalue weighted by molar-refractivity contribution is 6.33. The Morgan fingerprint density at radius 1 is 1.05 bits per heavy atom. The quantitative estimate of drug-likeness (QED) is 0.318. The number of anilines is 2. The zero-order valence-electron chi connectivity index (χ0n) is 21.7. The van der Waals surface area contributed by atoms with Gasteiger partial charge in [-0.05, 0) is 67.3 Å². The van der Waals surface area contributed by atoms with Crippen LogP contribution in [0.1, 0.15) is 34.3 Å². The van der Waals surface area contributed by atoms with E-state index >= 15 is 0 Å². The van der Waals surface area contributed by atoms with Crippen molar-refractivity contribution < 1.29 is 29.0 Å². The molecule has 39 heavy (non-hydrogen) atoms. The van der Waals surface area contributed by atoms with Gasteiger partial charge >= 0.3 is 12.0 Å². The molecular formula is C29H30ClN3O6. The molecule has 1 aliphatic rings. The first kappa shape index (κ1) is 27.8. The van der Waals surface area contributed by atoms with Crippen LogP contribution >= 0.6 is 11.6 Å². The van der Waals surface area contributed by atoms with Crippen LogP contribution < -0.4 is 20.1 Å². The van der Waals surface area contributed by atoms with Crippen molar-refractivity contribution in [2.45, 2.75) is 32.2 Å². The highest BCUT2D eigenvalue weighted by atomic mass is 35.5. The van der Waals surface area contributed by atoms with Gasteiger partial charge in [0.2, 0.25) is 5.91 Å². The number of carboxylic acid groups (broad SMARTS) is 1. The van der Waals surface area contributed by atoms with Gasteiger partial charge in [0.05, 0.1) is 35.8 Å². The summed E-state index contributed by atoms with van der Waals surface area (Å²) in [5.41, 5.74) is 2.90. The van der Waals surface area contributed by atoms with Crippen molar-refractivity contribution in [1.29, 1.82) is 0 Å². The van der Waals surface area contributed by atoms with Gasteiger partial charge in [-0.25, -0.2) is 9.59 Å². The molecule has 0 radical (unpaired) electrons. The number of hydrogen-bond acceptors (Lipinski definition) is 5. The number of hydrogen-bond donors (Lipinski definition) is 3. The van der Waals surface area contributed by atoms with E-state index < -0.39 is 12.0 Å². The lowest BCUT2D eigenvalue weighted by atomic mass is 10.1. The topological polar surface area (TPSA) is 117 Å². The van der Waals surface area contributed by atoms with Gasteiger partial charge in [-0.2, -0.15) is 0 Å². The summed E-state index contributed by atoms with van der Waals surface area (Å²) in [6.07, 6.45) is 1.83. The van der Waals surface area contributed by atoms with Crippen molar-refractivity contribution in [2.75, 3.05) is 30.9 Å². The lowest BCUT2D eigenvalue weighted by Crippen LogP contribution is -2.39. The van der Waals surface area contributed by atoms with Crippen molar-refractivity contribution in [3.63, 3.8) is 0 Å². The Morgan fingerprint density at radius 3 is 2.54 bits per heavy atom. The third-order valence-corrected chi connectivity index (χ3v) is 6.89. The molecule has 0 bridgehead atoms. The van der Waals surface area contributed by atoms with Crippen LogP contribution in [0.2, 0.25) is 5.02 Å². The largest absolute Gasteiger partial charge is 0.495 e. The normalized spacial score (nSPS) is 14.5. The Labute approximate surface area is 231 Å². The van der Waals surface area contributed by atoms with Crippen LogP contribution in [-0.4, -0.2) is 54.2 Å². The summed E-state index contributed by atoms with van der Waals surface area (Å²) in [7, 11) is 1.51. The standard InChI is InChI=1S/C29H30ClN3O6/c1-18-6-3-4-8-24(18)31-29(37)32-25-12-9-19(14-26(25)38-2)15-27(34)33-13-5-7-20(33)17-39-21-10-11-22(28(35)36)23(30)16-21/h3-4,6,8-12,14,16,20H,5,7,13,15,17H2,1-2H3,(H,35,36)(H2,31,32,37)/t20-/m0/s1. The number of carbonyl (C=O) groups is 3. The smallest absolute Gasteiger partial charge is 0.337 e. The van der Waals surface area contributed by atoms with Crippen molar-refractivity contribution in [3.05, 3.63) is 82.4 Å². The van der Waals surface area contributed by atoms with Gasteiger partial charge in [0.1, 0.15) is 18.1 Å². The van der Waals surface area contributed by atoms with E-state index in [9.17, 15) is 14.4 Å². The summed E-state index contributed by atoms with van der Waals surface area (Å²) in [5.74, 6) is -0.252. The number of ether oxygens (including phenoxy) is 2. The molecule has 1 heterocycles. The zero-order chi connectivity index (χ0) is 27.9. The third kappa shape index (κ3) is 7.00. The predicted molar refractivity (Wildman–Crippen MR) is 149 cm³/mol. The minimum absolute atomic E-state index is 0.00487. The zero-order valence-corrected chi connectivity index (χ0v) is 22.5. The molecule has 9 nitrogen and oxygen atoms in total. The van der Waals surface area contributed by atoms with Gasteiger partial charge in [-0.1, -0.05) is 35.9 Å². The molecule has 1 atom stereocenters. The van der Waals surface area contributed by atoms with Crippen molar-refractivity contribution in [1.82, 2.24) is 4.90 Å². The number of nitrogens with one attached hydrogen (secondary N) is 2. The lowest BCUT2D eigenvalue weighted by Gasteiger charge is -2.25. The van der Waals surface area contributed by atoms with E-state index in [1.54, 1.807) is 24.3 Å². The van der Waals surface area contributed by atoms with E-state index in [1.807, 2.05) is 36.1 Å². The Hall–Kier alpha value is -4.24. The third-order valence-electron chi connectivity index (χ3n) is 6.57. The van der Waals surface area contributed by atoms with Crippen LogP contribution in [0.3, 0.4) is 0 Å². The van der Waals surface area contributed by atoms with E-state index in [2.05, 4.69) is 10.6 Å². The molecule has 0 aromatic heterocycles. The summed E-state index contributed by atoms with van der Waals surface area (Å²) < 4.78 is 11.3. The number of carbonyl (C=O) groups excluding carboxylic acids is 2. The summed E-state index contributed by atoms with van der Waals surface area (Å²) in [5, 5.41) is 14.8. The second-order valence-corrected chi connectivity index (χ2v) is 9.65. The number of aromatic carboxylic acids is 1. The molecular weight excluding hydrogens is 522 g/mol. The fraction of sp³-hybridized carbons (Fsp3) is 0.276. The molecule has 0 aliphatic carbocycles. The van der Waals surface area contributed by atoms with Crippen LogP contribution in [-0.2, 0) is 11.2 Å². The number of halogens is 1. The highest BCUT2D eigenvalue weighted by Gasteiger charge is 2.29. The number of benzene rings is 3.